The predicted octanol–water partition coefficient (Wildman–Crippen LogP) is 1.02. The number of hydrogen-bond donors (Lipinski definition) is 1. The molecular weight excluding hydrogens is 262 g/mol. The number of rotatable bonds is 3. The fraction of sp³-hybridized carbons (Fsp3) is 0.200. The molecule has 7 heteroatoms. The van der Waals surface area contributed by atoms with Gasteiger partial charge in [0, 0.05) is 11.6 Å². The number of benzene rings is 1. The molecule has 0 fully saturated rings. The number of fused-ring (bicyclic) bond motifs is 1. The lowest BCUT2D eigenvalue weighted by Crippen LogP contribution is -2.17. The summed E-state index contributed by atoms with van der Waals surface area (Å²) in [5, 5.41) is 0.474. The molecule has 0 aliphatic carbocycles. The first-order chi connectivity index (χ1) is 8.03. The molecule has 0 bridgehead atoms. The molecule has 2 rings (SSSR count). The molecule has 0 spiro atoms. The highest BCUT2D eigenvalue weighted by molar-refractivity contribution is 7.91. The zero-order chi connectivity index (χ0) is 12.5. The van der Waals surface area contributed by atoms with E-state index >= 15 is 0 Å². The van der Waals surface area contributed by atoms with E-state index in [0.717, 1.165) is 0 Å². The number of nitrogens with two attached hydrogens (primary N) is 1. The maximum atomic E-state index is 11.7. The Morgan fingerprint density at radius 1 is 1.29 bits per heavy atom. The molecule has 0 unspecified atom stereocenters. The third-order valence-electron chi connectivity index (χ3n) is 2.19. The number of sulfone groups is 1. The Bertz CT molecular complexity index is 658. The van der Waals surface area contributed by atoms with Gasteiger partial charge in [-0.3, -0.25) is 4.98 Å². The zero-order valence-electron chi connectivity index (χ0n) is 8.80. The minimum absolute atomic E-state index is 0.0576. The summed E-state index contributed by atoms with van der Waals surface area (Å²) in [5.74, 6) is -0.138. The highest BCUT2D eigenvalue weighted by Gasteiger charge is 2.16. The third-order valence-corrected chi connectivity index (χ3v) is 4.03. The van der Waals surface area contributed by atoms with Gasteiger partial charge in [-0.15, -0.1) is 0 Å². The second-order valence-corrected chi connectivity index (χ2v) is 5.94. The van der Waals surface area contributed by atoms with Gasteiger partial charge in [-0.1, -0.05) is 11.6 Å². The molecule has 17 heavy (non-hydrogen) atoms. The largest absolute Gasteiger partial charge is 0.329 e. The summed E-state index contributed by atoms with van der Waals surface area (Å²) in [5.41, 5.74) is 6.29. The van der Waals surface area contributed by atoms with Crippen LogP contribution in [0.1, 0.15) is 0 Å². The van der Waals surface area contributed by atoms with Crippen LogP contribution in [0.25, 0.3) is 11.0 Å². The Hall–Kier alpha value is -1.24. The maximum Gasteiger partial charge on any atom is 0.198 e. The van der Waals surface area contributed by atoms with Crippen LogP contribution in [0.4, 0.5) is 0 Å². The van der Waals surface area contributed by atoms with Crippen molar-refractivity contribution in [3.8, 4) is 0 Å². The van der Waals surface area contributed by atoms with Gasteiger partial charge in [0.1, 0.15) is 0 Å². The van der Waals surface area contributed by atoms with Crippen molar-refractivity contribution in [3.05, 3.63) is 29.4 Å². The normalized spacial score (nSPS) is 11.9. The lowest BCUT2D eigenvalue weighted by atomic mass is 10.3. The van der Waals surface area contributed by atoms with Crippen LogP contribution in [-0.2, 0) is 9.84 Å². The van der Waals surface area contributed by atoms with Crippen LogP contribution in [0.3, 0.4) is 0 Å². The molecular formula is C10H10ClN3O2S. The standard InChI is InChI=1S/C10H10ClN3O2S/c11-7-1-2-8-9(5-7)13-6-10(14-8)17(15,16)4-3-12/h1-2,5-6H,3-4,12H2. The molecule has 0 saturated carbocycles. The summed E-state index contributed by atoms with van der Waals surface area (Å²) in [4.78, 5) is 8.07. The number of nitrogens with zero attached hydrogens (tertiary/aromatic N) is 2. The first-order valence-corrected chi connectivity index (χ1v) is 6.91. The second kappa shape index (κ2) is 4.56. The van der Waals surface area contributed by atoms with E-state index in [-0.39, 0.29) is 17.3 Å². The quantitative estimate of drug-likeness (QED) is 0.901. The Labute approximate surface area is 104 Å². The maximum absolute atomic E-state index is 11.7. The van der Waals surface area contributed by atoms with Gasteiger partial charge in [0.05, 0.1) is 23.0 Å². The van der Waals surface area contributed by atoms with Crippen LogP contribution in [-0.4, -0.2) is 30.7 Å². The molecule has 0 aliphatic heterocycles. The molecule has 1 aromatic carbocycles. The van der Waals surface area contributed by atoms with Crippen molar-refractivity contribution in [3.63, 3.8) is 0 Å². The zero-order valence-corrected chi connectivity index (χ0v) is 10.4. The van der Waals surface area contributed by atoms with E-state index < -0.39 is 9.84 Å². The molecule has 1 heterocycles. The van der Waals surface area contributed by atoms with Gasteiger partial charge in [0.15, 0.2) is 14.9 Å². The van der Waals surface area contributed by atoms with Crippen molar-refractivity contribution in [1.29, 1.82) is 0 Å². The predicted molar refractivity (Wildman–Crippen MR) is 65.7 cm³/mol. The van der Waals surface area contributed by atoms with Gasteiger partial charge < -0.3 is 5.73 Å². The molecule has 0 atom stereocenters. The topological polar surface area (TPSA) is 85.9 Å². The first kappa shape index (κ1) is 12.2. The fourth-order valence-electron chi connectivity index (χ4n) is 1.38. The average Bonchev–Trinajstić information content (AvgIpc) is 2.28. The van der Waals surface area contributed by atoms with Gasteiger partial charge in [-0.25, -0.2) is 13.4 Å². The van der Waals surface area contributed by atoms with Crippen molar-refractivity contribution >= 4 is 32.5 Å². The summed E-state index contributed by atoms with van der Waals surface area (Å²) >= 11 is 5.80. The molecule has 0 aliphatic rings. The minimum Gasteiger partial charge on any atom is -0.329 e. The molecule has 1 aromatic heterocycles. The van der Waals surface area contributed by atoms with Crippen molar-refractivity contribution in [1.82, 2.24) is 9.97 Å². The summed E-state index contributed by atoms with van der Waals surface area (Å²) < 4.78 is 23.5. The van der Waals surface area contributed by atoms with E-state index in [0.29, 0.717) is 16.1 Å². The molecule has 2 aromatic rings. The third kappa shape index (κ3) is 2.54. The fourth-order valence-corrected chi connectivity index (χ4v) is 2.51. The van der Waals surface area contributed by atoms with Crippen LogP contribution in [0, 0.1) is 0 Å². The molecule has 90 valence electrons. The van der Waals surface area contributed by atoms with Crippen LogP contribution < -0.4 is 5.73 Å². The summed E-state index contributed by atoms with van der Waals surface area (Å²) in [6.07, 6.45) is 1.23. The smallest absolute Gasteiger partial charge is 0.198 e. The summed E-state index contributed by atoms with van der Waals surface area (Å²) in [6.45, 7) is 0.0582. The Morgan fingerprint density at radius 2 is 2.06 bits per heavy atom. The first-order valence-electron chi connectivity index (χ1n) is 4.88. The molecule has 0 amide bonds. The molecule has 2 N–H and O–H groups in total. The van der Waals surface area contributed by atoms with Crippen LogP contribution in [0.2, 0.25) is 5.02 Å². The lowest BCUT2D eigenvalue weighted by Gasteiger charge is -2.03. The molecule has 0 saturated heterocycles. The highest BCUT2D eigenvalue weighted by Crippen LogP contribution is 2.17. The Morgan fingerprint density at radius 3 is 2.76 bits per heavy atom. The molecule has 0 radical (unpaired) electrons. The average molecular weight is 272 g/mol. The van der Waals surface area contributed by atoms with Gasteiger partial charge in [-0.05, 0) is 18.2 Å². The lowest BCUT2D eigenvalue weighted by molar-refractivity contribution is 0.592. The minimum atomic E-state index is -3.44. The van der Waals surface area contributed by atoms with Crippen molar-refractivity contribution in [2.24, 2.45) is 5.73 Å². The van der Waals surface area contributed by atoms with Crippen LogP contribution in [0.5, 0.6) is 0 Å². The van der Waals surface area contributed by atoms with E-state index in [1.54, 1.807) is 18.2 Å². The summed E-state index contributed by atoms with van der Waals surface area (Å²) in [7, 11) is -3.44. The van der Waals surface area contributed by atoms with Crippen molar-refractivity contribution in [2.45, 2.75) is 5.03 Å². The monoisotopic (exact) mass is 271 g/mol. The van der Waals surface area contributed by atoms with Crippen molar-refractivity contribution in [2.75, 3.05) is 12.3 Å². The Kier molecular flexibility index (Phi) is 3.28. The van der Waals surface area contributed by atoms with Gasteiger partial charge >= 0.3 is 0 Å². The van der Waals surface area contributed by atoms with E-state index in [9.17, 15) is 8.42 Å². The van der Waals surface area contributed by atoms with Gasteiger partial charge in [0.2, 0.25) is 0 Å². The number of halogens is 1. The van der Waals surface area contributed by atoms with E-state index in [1.165, 1.54) is 6.20 Å². The van der Waals surface area contributed by atoms with E-state index in [1.807, 2.05) is 0 Å². The van der Waals surface area contributed by atoms with Gasteiger partial charge in [0.25, 0.3) is 0 Å². The number of hydrogen-bond acceptors (Lipinski definition) is 5. The van der Waals surface area contributed by atoms with E-state index in [4.69, 9.17) is 17.3 Å². The summed E-state index contributed by atoms with van der Waals surface area (Å²) in [6, 6.07) is 4.90. The van der Waals surface area contributed by atoms with Gasteiger partial charge in [-0.2, -0.15) is 0 Å². The van der Waals surface area contributed by atoms with Crippen LogP contribution in [0.15, 0.2) is 29.4 Å². The highest BCUT2D eigenvalue weighted by atomic mass is 35.5. The number of aromatic nitrogens is 2. The van der Waals surface area contributed by atoms with Crippen molar-refractivity contribution < 1.29 is 8.42 Å². The molecule has 5 nitrogen and oxygen atoms in total. The van der Waals surface area contributed by atoms with Crippen LogP contribution >= 0.6 is 11.6 Å². The van der Waals surface area contributed by atoms with E-state index in [2.05, 4.69) is 9.97 Å². The Balaban J connectivity index is 2.56. The second-order valence-electron chi connectivity index (χ2n) is 3.45. The SMILES string of the molecule is NCCS(=O)(=O)c1cnc2cc(Cl)ccc2n1.